The lowest BCUT2D eigenvalue weighted by molar-refractivity contribution is 0.279. The van der Waals surface area contributed by atoms with E-state index in [1.54, 1.807) is 0 Å². The van der Waals surface area contributed by atoms with Crippen LogP contribution in [-0.4, -0.2) is 36.5 Å². The van der Waals surface area contributed by atoms with Gasteiger partial charge in [-0.2, -0.15) is 11.8 Å². The van der Waals surface area contributed by atoms with E-state index in [1.165, 1.54) is 51.1 Å². The summed E-state index contributed by atoms with van der Waals surface area (Å²) in [6.45, 7) is 4.14. The van der Waals surface area contributed by atoms with Crippen LogP contribution < -0.4 is 0 Å². The zero-order chi connectivity index (χ0) is 8.44. The van der Waals surface area contributed by atoms with Crippen LogP contribution in [0.1, 0.15) is 25.7 Å². The minimum atomic E-state index is 0.754. The van der Waals surface area contributed by atoms with Crippen molar-refractivity contribution >= 4 is 11.8 Å². The number of nitrogens with zero attached hydrogens (tertiary/aromatic N) is 1. The number of thioether (sulfide) groups is 1. The van der Waals surface area contributed by atoms with Gasteiger partial charge in [-0.15, -0.1) is 0 Å². The molecule has 2 heteroatoms. The first-order chi connectivity index (χ1) is 5.85. The molecule has 1 aliphatic heterocycles. The molecule has 0 N–H and O–H groups in total. The monoisotopic (exact) mass is 185 g/mol. The zero-order valence-electron chi connectivity index (χ0n) is 8.01. The summed E-state index contributed by atoms with van der Waals surface area (Å²) < 4.78 is 0. The SMILES string of the molecule is CSCC1(CN2CCCC2)CC1. The molecule has 12 heavy (non-hydrogen) atoms. The minimum absolute atomic E-state index is 0.754. The predicted octanol–water partition coefficient (Wildman–Crippen LogP) is 2.23. The maximum Gasteiger partial charge on any atom is 0.00459 e. The molecule has 0 radical (unpaired) electrons. The van der Waals surface area contributed by atoms with E-state index >= 15 is 0 Å². The van der Waals surface area contributed by atoms with Gasteiger partial charge < -0.3 is 4.90 Å². The molecule has 0 amide bonds. The number of rotatable bonds is 4. The Balaban J connectivity index is 1.77. The van der Waals surface area contributed by atoms with Gasteiger partial charge in [0.1, 0.15) is 0 Å². The Morgan fingerprint density at radius 3 is 2.42 bits per heavy atom. The second-order valence-corrected chi connectivity index (χ2v) is 5.28. The zero-order valence-corrected chi connectivity index (χ0v) is 8.83. The molecule has 2 aliphatic rings. The van der Waals surface area contributed by atoms with Crippen LogP contribution >= 0.6 is 11.8 Å². The van der Waals surface area contributed by atoms with Crippen molar-refractivity contribution in [2.75, 3.05) is 31.6 Å². The van der Waals surface area contributed by atoms with Crippen molar-refractivity contribution in [2.45, 2.75) is 25.7 Å². The summed E-state index contributed by atoms with van der Waals surface area (Å²) in [5.74, 6) is 1.39. The van der Waals surface area contributed by atoms with E-state index in [9.17, 15) is 0 Å². The summed E-state index contributed by atoms with van der Waals surface area (Å²) in [5, 5.41) is 0. The van der Waals surface area contributed by atoms with Crippen molar-refractivity contribution in [1.82, 2.24) is 4.90 Å². The van der Waals surface area contributed by atoms with Crippen LogP contribution in [-0.2, 0) is 0 Å². The maximum atomic E-state index is 2.67. The molecule has 2 rings (SSSR count). The molecule has 70 valence electrons. The lowest BCUT2D eigenvalue weighted by Crippen LogP contribution is -2.28. The van der Waals surface area contributed by atoms with Crippen molar-refractivity contribution in [3.63, 3.8) is 0 Å². The molecule has 0 bridgehead atoms. The fourth-order valence-corrected chi connectivity index (χ4v) is 3.24. The summed E-state index contributed by atoms with van der Waals surface area (Å²) in [6, 6.07) is 0. The van der Waals surface area contributed by atoms with Crippen LogP contribution in [0.25, 0.3) is 0 Å². The van der Waals surface area contributed by atoms with Crippen molar-refractivity contribution in [3.8, 4) is 0 Å². The topological polar surface area (TPSA) is 3.24 Å². The van der Waals surface area contributed by atoms with E-state index in [1.807, 2.05) is 11.8 Å². The molecule has 1 heterocycles. The average molecular weight is 185 g/mol. The van der Waals surface area contributed by atoms with Crippen LogP contribution in [0.5, 0.6) is 0 Å². The molecular formula is C10H19NS. The van der Waals surface area contributed by atoms with E-state index in [0.29, 0.717) is 0 Å². The lowest BCUT2D eigenvalue weighted by Gasteiger charge is -2.21. The van der Waals surface area contributed by atoms with Gasteiger partial charge in [0.15, 0.2) is 0 Å². The Morgan fingerprint density at radius 1 is 1.25 bits per heavy atom. The third-order valence-corrected chi connectivity index (χ3v) is 4.07. The maximum absolute atomic E-state index is 2.67. The van der Waals surface area contributed by atoms with Gasteiger partial charge >= 0.3 is 0 Å². The highest BCUT2D eigenvalue weighted by Gasteiger charge is 2.43. The molecule has 0 unspecified atom stereocenters. The van der Waals surface area contributed by atoms with Gasteiger partial charge in [-0.1, -0.05) is 0 Å². The molecule has 2 fully saturated rings. The van der Waals surface area contributed by atoms with Crippen LogP contribution in [0.15, 0.2) is 0 Å². The Hall–Kier alpha value is 0.310. The predicted molar refractivity (Wildman–Crippen MR) is 55.7 cm³/mol. The molecule has 0 aromatic rings. The fourth-order valence-electron chi connectivity index (χ4n) is 2.25. The lowest BCUT2D eigenvalue weighted by atomic mass is 10.1. The standard InChI is InChI=1S/C10H19NS/c1-12-9-10(4-5-10)8-11-6-2-3-7-11/h2-9H2,1H3. The summed E-state index contributed by atoms with van der Waals surface area (Å²) in [5.41, 5.74) is 0.754. The molecule has 0 aromatic carbocycles. The normalized spacial score (nSPS) is 27.8. The smallest absolute Gasteiger partial charge is 0.00459 e. The van der Waals surface area contributed by atoms with Crippen LogP contribution in [0.2, 0.25) is 0 Å². The van der Waals surface area contributed by atoms with Gasteiger partial charge in [-0.25, -0.2) is 0 Å². The van der Waals surface area contributed by atoms with Crippen LogP contribution in [0.3, 0.4) is 0 Å². The Labute approximate surface area is 79.9 Å². The van der Waals surface area contributed by atoms with Gasteiger partial charge in [-0.3, -0.25) is 0 Å². The minimum Gasteiger partial charge on any atom is -0.303 e. The van der Waals surface area contributed by atoms with E-state index < -0.39 is 0 Å². The molecule has 1 nitrogen and oxygen atoms in total. The van der Waals surface area contributed by atoms with Gasteiger partial charge in [0.25, 0.3) is 0 Å². The van der Waals surface area contributed by atoms with E-state index in [4.69, 9.17) is 0 Å². The highest BCUT2D eigenvalue weighted by atomic mass is 32.2. The highest BCUT2D eigenvalue weighted by Crippen LogP contribution is 2.48. The summed E-state index contributed by atoms with van der Waals surface area (Å²) in [6.07, 6.45) is 8.10. The Bertz CT molecular complexity index is 148. The first-order valence-electron chi connectivity index (χ1n) is 5.06. The van der Waals surface area contributed by atoms with Crippen LogP contribution in [0.4, 0.5) is 0 Å². The third kappa shape index (κ3) is 1.97. The summed E-state index contributed by atoms with van der Waals surface area (Å²) >= 11 is 2.03. The number of hydrogen-bond donors (Lipinski definition) is 0. The number of hydrogen-bond acceptors (Lipinski definition) is 2. The number of likely N-dealkylation sites (tertiary alicyclic amines) is 1. The molecule has 1 aliphatic carbocycles. The molecule has 0 aromatic heterocycles. The molecular weight excluding hydrogens is 166 g/mol. The summed E-state index contributed by atoms with van der Waals surface area (Å²) in [7, 11) is 0. The van der Waals surface area contributed by atoms with E-state index in [0.717, 1.165) is 5.41 Å². The van der Waals surface area contributed by atoms with Gasteiger partial charge in [0.2, 0.25) is 0 Å². The molecule has 1 saturated carbocycles. The molecule has 1 saturated heterocycles. The quantitative estimate of drug-likeness (QED) is 0.661. The highest BCUT2D eigenvalue weighted by molar-refractivity contribution is 7.98. The van der Waals surface area contributed by atoms with Crippen molar-refractivity contribution < 1.29 is 0 Å². The Morgan fingerprint density at radius 2 is 1.92 bits per heavy atom. The van der Waals surface area contributed by atoms with E-state index in [-0.39, 0.29) is 0 Å². The fraction of sp³-hybridized carbons (Fsp3) is 1.00. The second kappa shape index (κ2) is 3.59. The Kier molecular flexibility index (Phi) is 2.66. The average Bonchev–Trinajstić information content (AvgIpc) is 2.63. The van der Waals surface area contributed by atoms with Gasteiger partial charge in [0.05, 0.1) is 0 Å². The van der Waals surface area contributed by atoms with E-state index in [2.05, 4.69) is 11.2 Å². The first-order valence-corrected chi connectivity index (χ1v) is 6.45. The third-order valence-electron chi connectivity index (χ3n) is 3.17. The van der Waals surface area contributed by atoms with Crippen molar-refractivity contribution in [3.05, 3.63) is 0 Å². The van der Waals surface area contributed by atoms with Gasteiger partial charge in [0, 0.05) is 6.54 Å². The second-order valence-electron chi connectivity index (χ2n) is 4.42. The largest absolute Gasteiger partial charge is 0.303 e. The van der Waals surface area contributed by atoms with Crippen LogP contribution in [0, 0.1) is 5.41 Å². The molecule has 0 atom stereocenters. The van der Waals surface area contributed by atoms with Crippen molar-refractivity contribution in [1.29, 1.82) is 0 Å². The molecule has 0 spiro atoms. The first kappa shape index (κ1) is 8.89. The summed E-state index contributed by atoms with van der Waals surface area (Å²) in [4.78, 5) is 2.67. The van der Waals surface area contributed by atoms with Crippen molar-refractivity contribution in [2.24, 2.45) is 5.41 Å². The van der Waals surface area contributed by atoms with Gasteiger partial charge in [-0.05, 0) is 56.2 Å².